The van der Waals surface area contributed by atoms with Gasteiger partial charge in [0.1, 0.15) is 0 Å². The van der Waals surface area contributed by atoms with Crippen molar-refractivity contribution in [3.05, 3.63) is 18.5 Å². The lowest BCUT2D eigenvalue weighted by Gasteiger charge is -2.42. The molecule has 0 unspecified atom stereocenters. The number of likely N-dealkylation sites (tertiary alicyclic amines) is 1. The van der Waals surface area contributed by atoms with E-state index in [-0.39, 0.29) is 5.91 Å². The van der Waals surface area contributed by atoms with Gasteiger partial charge >= 0.3 is 0 Å². The summed E-state index contributed by atoms with van der Waals surface area (Å²) in [5.41, 5.74) is -1.23. The van der Waals surface area contributed by atoms with Crippen molar-refractivity contribution in [1.29, 1.82) is 0 Å². The molecule has 3 heterocycles. The van der Waals surface area contributed by atoms with Crippen LogP contribution in [0.4, 0.5) is 5.95 Å². The number of amides is 1. The number of β-amino-alcohol motifs (C(OH)–C–C–N with tert-alkyl or cyclic N) is 1. The third-order valence-corrected chi connectivity index (χ3v) is 6.82. The van der Waals surface area contributed by atoms with Crippen LogP contribution in [-0.2, 0) is 4.79 Å². The number of aromatic nitrogens is 2. The molecular weight excluding hydrogens is 366 g/mol. The van der Waals surface area contributed by atoms with Crippen LogP contribution in [-0.4, -0.2) is 82.2 Å². The van der Waals surface area contributed by atoms with Crippen LogP contribution in [0.15, 0.2) is 18.5 Å². The van der Waals surface area contributed by atoms with Gasteiger partial charge in [-0.1, -0.05) is 19.3 Å². The molecule has 0 spiro atoms. The lowest BCUT2D eigenvalue weighted by Crippen LogP contribution is -2.59. The van der Waals surface area contributed by atoms with Crippen LogP contribution in [0, 0.1) is 5.92 Å². The zero-order valence-electron chi connectivity index (χ0n) is 17.5. The Kier molecular flexibility index (Phi) is 6.65. The maximum Gasteiger partial charge on any atom is 0.255 e. The third kappa shape index (κ3) is 5.07. The summed E-state index contributed by atoms with van der Waals surface area (Å²) in [4.78, 5) is 28.3. The van der Waals surface area contributed by atoms with Gasteiger partial charge in [-0.3, -0.25) is 9.69 Å². The summed E-state index contributed by atoms with van der Waals surface area (Å²) >= 11 is 0. The van der Waals surface area contributed by atoms with E-state index in [9.17, 15) is 9.90 Å². The molecule has 1 aliphatic carbocycles. The van der Waals surface area contributed by atoms with E-state index in [1.807, 2.05) is 11.0 Å². The van der Waals surface area contributed by atoms with Crippen LogP contribution >= 0.6 is 0 Å². The standard InChI is InChI=1S/C22H35N5O2/c28-20-22(29,9-4-13-27(20)17-19-7-2-1-3-8-19)18-25-12-6-14-26(16-15-25)21-23-10-5-11-24-21/h5,10-11,19,29H,1-4,6-9,12-18H2/t22-/m0/s1. The Labute approximate surface area is 174 Å². The molecule has 0 bridgehead atoms. The summed E-state index contributed by atoms with van der Waals surface area (Å²) in [5, 5.41) is 11.3. The third-order valence-electron chi connectivity index (χ3n) is 6.82. The molecule has 2 aliphatic heterocycles. The van der Waals surface area contributed by atoms with Gasteiger partial charge in [-0.25, -0.2) is 9.97 Å². The predicted molar refractivity (Wildman–Crippen MR) is 113 cm³/mol. The highest BCUT2D eigenvalue weighted by molar-refractivity contribution is 5.86. The molecule has 1 saturated carbocycles. The Balaban J connectivity index is 1.34. The number of aliphatic hydroxyl groups is 1. The summed E-state index contributed by atoms with van der Waals surface area (Å²) in [6.45, 7) is 5.51. The molecule has 2 saturated heterocycles. The van der Waals surface area contributed by atoms with E-state index >= 15 is 0 Å². The van der Waals surface area contributed by atoms with Crippen LogP contribution in [0.1, 0.15) is 51.4 Å². The number of rotatable bonds is 5. The van der Waals surface area contributed by atoms with Crippen LogP contribution in [0.5, 0.6) is 0 Å². The fraction of sp³-hybridized carbons (Fsp3) is 0.773. The first kappa shape index (κ1) is 20.5. The number of hydrogen-bond acceptors (Lipinski definition) is 6. The second kappa shape index (κ2) is 9.39. The van der Waals surface area contributed by atoms with Crippen LogP contribution < -0.4 is 4.90 Å². The highest BCUT2D eigenvalue weighted by atomic mass is 16.3. The molecule has 1 amide bonds. The largest absolute Gasteiger partial charge is 0.379 e. The fourth-order valence-electron chi connectivity index (χ4n) is 5.22. The monoisotopic (exact) mass is 401 g/mol. The van der Waals surface area contributed by atoms with Crippen molar-refractivity contribution < 1.29 is 9.90 Å². The normalized spacial score (nSPS) is 27.8. The molecule has 1 aromatic rings. The quantitative estimate of drug-likeness (QED) is 0.813. The topological polar surface area (TPSA) is 72.8 Å². The van der Waals surface area contributed by atoms with Gasteiger partial charge in [-0.05, 0) is 44.1 Å². The van der Waals surface area contributed by atoms with Crippen LogP contribution in [0.3, 0.4) is 0 Å². The van der Waals surface area contributed by atoms with Gasteiger partial charge in [0.2, 0.25) is 5.95 Å². The maximum absolute atomic E-state index is 13.2. The van der Waals surface area contributed by atoms with Crippen LogP contribution in [0.2, 0.25) is 0 Å². The van der Waals surface area contributed by atoms with Gasteiger partial charge in [-0.2, -0.15) is 0 Å². The second-order valence-electron chi connectivity index (χ2n) is 9.06. The van der Waals surface area contributed by atoms with E-state index in [1.165, 1.54) is 32.1 Å². The van der Waals surface area contributed by atoms with Crippen molar-refractivity contribution in [2.75, 3.05) is 50.7 Å². The molecule has 4 rings (SSSR count). The number of hydrogen-bond donors (Lipinski definition) is 1. The summed E-state index contributed by atoms with van der Waals surface area (Å²) < 4.78 is 0. The lowest BCUT2D eigenvalue weighted by atomic mass is 9.86. The minimum absolute atomic E-state index is 0.0400. The number of carbonyl (C=O) groups is 1. The lowest BCUT2D eigenvalue weighted by molar-refractivity contribution is -0.160. The molecule has 1 aromatic heterocycles. The number of anilines is 1. The molecule has 0 aromatic carbocycles. The molecule has 3 aliphatic rings. The summed E-state index contributed by atoms with van der Waals surface area (Å²) in [5.74, 6) is 1.34. The average molecular weight is 402 g/mol. The SMILES string of the molecule is O=C1N(CC2CCCCC2)CCC[C@]1(O)CN1CCCN(c2ncccn2)CC1. The van der Waals surface area contributed by atoms with Crippen LogP contribution in [0.25, 0.3) is 0 Å². The van der Waals surface area contributed by atoms with E-state index < -0.39 is 5.60 Å². The van der Waals surface area contributed by atoms with Gasteiger partial charge in [0, 0.05) is 58.2 Å². The molecule has 29 heavy (non-hydrogen) atoms. The molecule has 3 fully saturated rings. The predicted octanol–water partition coefficient (Wildman–Crippen LogP) is 1.92. The van der Waals surface area contributed by atoms with Crippen molar-refractivity contribution in [2.45, 2.75) is 57.0 Å². The Morgan fingerprint density at radius 1 is 0.966 bits per heavy atom. The van der Waals surface area contributed by atoms with E-state index in [0.717, 1.165) is 58.1 Å². The van der Waals surface area contributed by atoms with Crippen molar-refractivity contribution in [1.82, 2.24) is 19.8 Å². The van der Waals surface area contributed by atoms with Gasteiger partial charge < -0.3 is 14.9 Å². The molecule has 7 heteroatoms. The molecule has 1 N–H and O–H groups in total. The molecule has 1 atom stereocenters. The van der Waals surface area contributed by atoms with Crippen molar-refractivity contribution in [3.63, 3.8) is 0 Å². The minimum Gasteiger partial charge on any atom is -0.379 e. The molecule has 160 valence electrons. The Bertz CT molecular complexity index is 666. The number of carbonyl (C=O) groups excluding carboxylic acids is 1. The number of piperidine rings is 1. The van der Waals surface area contributed by atoms with Gasteiger partial charge in [0.05, 0.1) is 0 Å². The summed E-state index contributed by atoms with van der Waals surface area (Å²) in [7, 11) is 0. The first-order valence-corrected chi connectivity index (χ1v) is 11.4. The first-order chi connectivity index (χ1) is 14.1. The molecular formula is C22H35N5O2. The Morgan fingerprint density at radius 3 is 2.55 bits per heavy atom. The fourth-order valence-corrected chi connectivity index (χ4v) is 5.22. The van der Waals surface area contributed by atoms with Crippen molar-refractivity contribution in [3.8, 4) is 0 Å². The average Bonchev–Trinajstić information content (AvgIpc) is 2.98. The highest BCUT2D eigenvalue weighted by Gasteiger charge is 2.43. The zero-order valence-corrected chi connectivity index (χ0v) is 17.5. The first-order valence-electron chi connectivity index (χ1n) is 11.4. The van der Waals surface area contributed by atoms with E-state index in [4.69, 9.17) is 0 Å². The minimum atomic E-state index is -1.23. The summed E-state index contributed by atoms with van der Waals surface area (Å²) in [6.07, 6.45) is 12.4. The smallest absolute Gasteiger partial charge is 0.255 e. The van der Waals surface area contributed by atoms with Crippen molar-refractivity contribution >= 4 is 11.9 Å². The second-order valence-corrected chi connectivity index (χ2v) is 9.06. The molecule has 0 radical (unpaired) electrons. The van der Waals surface area contributed by atoms with Gasteiger partial charge in [-0.15, -0.1) is 0 Å². The van der Waals surface area contributed by atoms with Gasteiger partial charge in [0.15, 0.2) is 5.60 Å². The van der Waals surface area contributed by atoms with E-state index in [1.54, 1.807) is 12.4 Å². The number of nitrogens with zero attached hydrogens (tertiary/aromatic N) is 5. The summed E-state index contributed by atoms with van der Waals surface area (Å²) in [6, 6.07) is 1.83. The Morgan fingerprint density at radius 2 is 1.76 bits per heavy atom. The van der Waals surface area contributed by atoms with Crippen molar-refractivity contribution in [2.24, 2.45) is 5.92 Å². The maximum atomic E-state index is 13.2. The van der Waals surface area contributed by atoms with E-state index in [0.29, 0.717) is 18.9 Å². The van der Waals surface area contributed by atoms with E-state index in [2.05, 4.69) is 19.8 Å². The zero-order chi connectivity index (χ0) is 20.1. The highest BCUT2D eigenvalue weighted by Crippen LogP contribution is 2.29. The van der Waals surface area contributed by atoms with Gasteiger partial charge in [0.25, 0.3) is 5.91 Å². The Hall–Kier alpha value is -1.73. The molecule has 7 nitrogen and oxygen atoms in total.